The average molecular weight is 549 g/mol. The zero-order valence-corrected chi connectivity index (χ0v) is 22.6. The predicted molar refractivity (Wildman–Crippen MR) is 150 cm³/mol. The molecule has 4 N–H and O–H groups in total. The molecule has 2 amide bonds. The number of allylic oxidation sites excluding steroid dienone is 1. The summed E-state index contributed by atoms with van der Waals surface area (Å²) < 4.78 is 0. The number of aliphatic imine (C=N–C) groups is 1. The van der Waals surface area contributed by atoms with Crippen molar-refractivity contribution in [3.63, 3.8) is 0 Å². The summed E-state index contributed by atoms with van der Waals surface area (Å²) in [5.41, 5.74) is 10.2. The van der Waals surface area contributed by atoms with Crippen LogP contribution in [0, 0.1) is 17.8 Å². The molecule has 2 bridgehead atoms. The summed E-state index contributed by atoms with van der Waals surface area (Å²) in [7, 11) is 0. The molecule has 3 heterocycles. The number of nitrogens with one attached hydrogen (secondary N) is 1. The lowest BCUT2D eigenvalue weighted by molar-refractivity contribution is -0.122. The smallest absolute Gasteiger partial charge is 0.253 e. The summed E-state index contributed by atoms with van der Waals surface area (Å²) in [5.74, 6) is -0.231. The Kier molecular flexibility index (Phi) is 6.91. The number of aliphatic hydroxyl groups is 1. The van der Waals surface area contributed by atoms with Crippen molar-refractivity contribution in [2.45, 2.75) is 31.9 Å². The van der Waals surface area contributed by atoms with Crippen molar-refractivity contribution in [3.05, 3.63) is 64.5 Å². The molecule has 2 aliphatic heterocycles. The fraction of sp³-hybridized carbons (Fsp3) is 0.448. The second-order valence-electron chi connectivity index (χ2n) is 11.1. The number of aliphatic hydroxyl groups excluding tert-OH is 1. The van der Waals surface area contributed by atoms with E-state index in [1.54, 1.807) is 13.1 Å². The molecule has 204 valence electrons. The van der Waals surface area contributed by atoms with Crippen molar-refractivity contribution < 1.29 is 14.7 Å². The van der Waals surface area contributed by atoms with Crippen molar-refractivity contribution in [1.82, 2.24) is 14.8 Å². The molecular formula is C29H33ClN6O3. The molecule has 0 radical (unpaired) electrons. The molecule has 2 aliphatic carbocycles. The number of piperazine rings is 1. The summed E-state index contributed by atoms with van der Waals surface area (Å²) in [4.78, 5) is 39.0. The highest BCUT2D eigenvalue weighted by Gasteiger charge is 2.48. The van der Waals surface area contributed by atoms with Crippen LogP contribution in [0.25, 0.3) is 0 Å². The number of amides is 2. The van der Waals surface area contributed by atoms with Gasteiger partial charge < -0.3 is 21.1 Å². The van der Waals surface area contributed by atoms with Crippen molar-refractivity contribution in [3.8, 4) is 0 Å². The number of nitrogens with zero attached hydrogens (tertiary/aromatic N) is 4. The number of hydrogen-bond acceptors (Lipinski definition) is 7. The summed E-state index contributed by atoms with van der Waals surface area (Å²) in [6.07, 6.45) is 6.92. The normalized spacial score (nSPS) is 26.4. The van der Waals surface area contributed by atoms with E-state index >= 15 is 0 Å². The number of nitrogens with two attached hydrogens (primary N) is 1. The van der Waals surface area contributed by atoms with Gasteiger partial charge in [0, 0.05) is 56.9 Å². The van der Waals surface area contributed by atoms with E-state index in [1.165, 1.54) is 0 Å². The topological polar surface area (TPSA) is 124 Å². The number of benzene rings is 1. The van der Waals surface area contributed by atoms with Crippen molar-refractivity contribution >= 4 is 40.5 Å². The summed E-state index contributed by atoms with van der Waals surface area (Å²) in [6.45, 7) is 5.15. The van der Waals surface area contributed by atoms with Crippen LogP contribution in [-0.4, -0.2) is 82.3 Å². The van der Waals surface area contributed by atoms with Gasteiger partial charge in [-0.2, -0.15) is 0 Å². The third-order valence-electron chi connectivity index (χ3n) is 8.39. The lowest BCUT2D eigenvalue weighted by Gasteiger charge is -2.35. The van der Waals surface area contributed by atoms with Crippen molar-refractivity contribution in [1.29, 1.82) is 0 Å². The van der Waals surface area contributed by atoms with Crippen LogP contribution in [0.3, 0.4) is 0 Å². The Bertz CT molecular complexity index is 1370. The highest BCUT2D eigenvalue weighted by Crippen LogP contribution is 2.47. The molecule has 4 aliphatic rings. The Morgan fingerprint density at radius 1 is 1.21 bits per heavy atom. The zero-order chi connectivity index (χ0) is 27.3. The maximum absolute atomic E-state index is 13.3. The number of β-amino-alcohol motifs (C(OH)–C–C–N with tert-alkyl or cyclic N) is 1. The lowest BCUT2D eigenvalue weighted by Crippen LogP contribution is -2.50. The van der Waals surface area contributed by atoms with E-state index in [9.17, 15) is 14.7 Å². The number of carbonyl (C=O) groups is 2. The van der Waals surface area contributed by atoms with Gasteiger partial charge in [-0.25, -0.2) is 4.99 Å². The molecule has 10 heteroatoms. The lowest BCUT2D eigenvalue weighted by atomic mass is 9.88. The van der Waals surface area contributed by atoms with E-state index in [1.807, 2.05) is 29.2 Å². The SMILES string of the molecule is CC(O)CN1CCN(C(=O)c2cccc(C3=Nc4c(ncc(Cl)c4N[C@H]4[C@@H](C(N)=O)[C@@H]5C=C[C@H]4C5)C3)c2)CC1. The minimum absolute atomic E-state index is 0.00461. The number of pyridine rings is 1. The van der Waals surface area contributed by atoms with Crippen LogP contribution in [0.2, 0.25) is 5.02 Å². The van der Waals surface area contributed by atoms with Crippen LogP contribution in [0.5, 0.6) is 0 Å². The first-order valence-electron chi connectivity index (χ1n) is 13.6. The zero-order valence-electron chi connectivity index (χ0n) is 21.9. The fourth-order valence-electron chi connectivity index (χ4n) is 6.50. The van der Waals surface area contributed by atoms with E-state index in [2.05, 4.69) is 27.4 Å². The second-order valence-corrected chi connectivity index (χ2v) is 11.5. The number of carbonyl (C=O) groups excluding carboxylic acids is 2. The third kappa shape index (κ3) is 4.95. The molecule has 1 aromatic carbocycles. The number of fused-ring (bicyclic) bond motifs is 3. The van der Waals surface area contributed by atoms with Gasteiger partial charge in [-0.1, -0.05) is 35.9 Å². The first kappa shape index (κ1) is 26.0. The van der Waals surface area contributed by atoms with E-state index < -0.39 is 0 Å². The molecule has 6 rings (SSSR count). The highest BCUT2D eigenvalue weighted by atomic mass is 35.5. The molecule has 39 heavy (non-hydrogen) atoms. The van der Waals surface area contributed by atoms with E-state index in [4.69, 9.17) is 22.3 Å². The van der Waals surface area contributed by atoms with Gasteiger partial charge >= 0.3 is 0 Å². The molecule has 1 aromatic heterocycles. The van der Waals surface area contributed by atoms with Gasteiger partial charge in [-0.05, 0) is 42.9 Å². The monoisotopic (exact) mass is 548 g/mol. The number of primary amides is 1. The minimum Gasteiger partial charge on any atom is -0.392 e. The summed E-state index contributed by atoms with van der Waals surface area (Å²) >= 11 is 6.60. The van der Waals surface area contributed by atoms with Gasteiger partial charge in [-0.3, -0.25) is 19.5 Å². The Morgan fingerprint density at radius 3 is 2.72 bits per heavy atom. The van der Waals surface area contributed by atoms with Crippen LogP contribution >= 0.6 is 11.6 Å². The Labute approximate surface area is 232 Å². The van der Waals surface area contributed by atoms with Crippen molar-refractivity contribution in [2.75, 3.05) is 38.0 Å². The van der Waals surface area contributed by atoms with Crippen LogP contribution in [0.15, 0.2) is 47.6 Å². The maximum Gasteiger partial charge on any atom is 0.253 e. The molecule has 1 unspecified atom stereocenters. The van der Waals surface area contributed by atoms with Crippen molar-refractivity contribution in [2.24, 2.45) is 28.5 Å². The Morgan fingerprint density at radius 2 is 1.97 bits per heavy atom. The van der Waals surface area contributed by atoms with Gasteiger partial charge in [-0.15, -0.1) is 0 Å². The molecular weight excluding hydrogens is 516 g/mol. The first-order valence-corrected chi connectivity index (χ1v) is 14.0. The number of rotatable bonds is 7. The average Bonchev–Trinajstić information content (AvgIpc) is 3.65. The second kappa shape index (κ2) is 10.4. The maximum atomic E-state index is 13.3. The Hall–Kier alpha value is -3.27. The molecule has 2 aromatic rings. The Balaban J connectivity index is 1.21. The number of anilines is 1. The highest BCUT2D eigenvalue weighted by molar-refractivity contribution is 6.34. The largest absolute Gasteiger partial charge is 0.392 e. The van der Waals surface area contributed by atoms with Crippen LogP contribution < -0.4 is 11.1 Å². The number of halogens is 1. The van der Waals surface area contributed by atoms with E-state index in [0.717, 1.165) is 36.5 Å². The number of hydrogen-bond donors (Lipinski definition) is 3. The van der Waals surface area contributed by atoms with Crippen LogP contribution in [0.4, 0.5) is 11.4 Å². The molecule has 0 spiro atoms. The van der Waals surface area contributed by atoms with Gasteiger partial charge in [0.05, 0.1) is 34.1 Å². The van der Waals surface area contributed by atoms with E-state index in [0.29, 0.717) is 48.0 Å². The molecule has 2 fully saturated rings. The fourth-order valence-corrected chi connectivity index (χ4v) is 6.69. The summed E-state index contributed by atoms with van der Waals surface area (Å²) in [6, 6.07) is 7.44. The van der Waals surface area contributed by atoms with Crippen LogP contribution in [0.1, 0.15) is 35.0 Å². The predicted octanol–water partition coefficient (Wildman–Crippen LogP) is 2.64. The van der Waals surface area contributed by atoms with Gasteiger partial charge in [0.2, 0.25) is 5.91 Å². The standard InChI is InChI=1S/C29H33ClN6O3/c1-16(37)15-35-7-9-36(10-8-35)29(39)20-4-2-3-17(11-20)22-13-23-27(33-22)26(21(30)14-32-23)34-25-19-6-5-18(12-19)24(25)28(31)38/h2-6,11,14,16,18-19,24-25,37H,7-10,12-13,15H2,1H3,(H2,31,38)(H,32,34)/t16?,18-,19+,24+,25-/m1/s1. The van der Waals surface area contributed by atoms with Crippen LogP contribution in [-0.2, 0) is 11.2 Å². The van der Waals surface area contributed by atoms with Gasteiger partial charge in [0.15, 0.2) is 0 Å². The summed E-state index contributed by atoms with van der Waals surface area (Å²) in [5, 5.41) is 13.6. The van der Waals surface area contributed by atoms with Gasteiger partial charge in [0.1, 0.15) is 5.69 Å². The molecule has 5 atom stereocenters. The van der Waals surface area contributed by atoms with E-state index in [-0.39, 0.29) is 41.7 Å². The number of aromatic nitrogens is 1. The molecule has 1 saturated carbocycles. The minimum atomic E-state index is -0.380. The molecule has 1 saturated heterocycles. The third-order valence-corrected chi connectivity index (χ3v) is 8.67. The molecule has 9 nitrogen and oxygen atoms in total. The van der Waals surface area contributed by atoms with Gasteiger partial charge in [0.25, 0.3) is 5.91 Å². The quantitative estimate of drug-likeness (QED) is 0.457. The first-order chi connectivity index (χ1) is 18.8.